The predicted octanol–water partition coefficient (Wildman–Crippen LogP) is 3.21. The molecule has 0 saturated heterocycles. The zero-order valence-corrected chi connectivity index (χ0v) is 15.3. The molecule has 1 aromatic carbocycles. The van der Waals surface area contributed by atoms with Gasteiger partial charge in [0.2, 0.25) is 11.3 Å². The Balaban J connectivity index is 1.75. The van der Waals surface area contributed by atoms with Gasteiger partial charge in [0.1, 0.15) is 0 Å². The fourth-order valence-electron chi connectivity index (χ4n) is 3.40. The van der Waals surface area contributed by atoms with Crippen LogP contribution in [0.2, 0.25) is 0 Å². The Labute approximate surface area is 148 Å². The highest BCUT2D eigenvalue weighted by atomic mass is 16.2. The van der Waals surface area contributed by atoms with Gasteiger partial charge in [-0.05, 0) is 37.8 Å². The Kier molecular flexibility index (Phi) is 5.21. The smallest absolute Gasteiger partial charge is 0.224 e. The molecule has 1 amide bonds. The first-order valence-corrected chi connectivity index (χ1v) is 9.29. The number of rotatable bonds is 7. The third-order valence-corrected chi connectivity index (χ3v) is 5.43. The van der Waals surface area contributed by atoms with Gasteiger partial charge in [0.25, 0.3) is 0 Å². The molecule has 5 heteroatoms. The molecule has 1 aromatic heterocycles. The fraction of sp³-hybridized carbons (Fsp3) is 0.550. The molecular weight excluding hydrogens is 314 g/mol. The van der Waals surface area contributed by atoms with E-state index in [1.165, 1.54) is 6.20 Å². The van der Waals surface area contributed by atoms with Crippen molar-refractivity contribution in [3.63, 3.8) is 0 Å². The first-order valence-electron chi connectivity index (χ1n) is 9.29. The normalized spacial score (nSPS) is 16.6. The number of carbonyl (C=O) groups is 1. The van der Waals surface area contributed by atoms with Crippen LogP contribution in [0.1, 0.15) is 46.5 Å². The minimum Gasteiger partial charge on any atom is -0.337 e. The summed E-state index contributed by atoms with van der Waals surface area (Å²) in [6.07, 6.45) is 5.06. The highest BCUT2D eigenvalue weighted by Crippen LogP contribution is 2.32. The lowest BCUT2D eigenvalue weighted by atomic mass is 9.98. The van der Waals surface area contributed by atoms with E-state index in [-0.39, 0.29) is 17.4 Å². The van der Waals surface area contributed by atoms with Gasteiger partial charge < -0.3 is 4.90 Å². The van der Waals surface area contributed by atoms with Gasteiger partial charge in [0, 0.05) is 23.9 Å². The zero-order valence-electron chi connectivity index (χ0n) is 15.3. The molecule has 0 bridgehead atoms. The molecule has 1 heterocycles. The molecule has 3 rings (SSSR count). The van der Waals surface area contributed by atoms with E-state index in [1.54, 1.807) is 10.7 Å². The molecule has 134 valence electrons. The topological polar surface area (TPSA) is 55.2 Å². The monoisotopic (exact) mass is 341 g/mol. The van der Waals surface area contributed by atoms with Gasteiger partial charge in [-0.15, -0.1) is 0 Å². The standard InChI is InChI=1S/C20H27N3O2/c1-4-14(2)15(3)23(16-9-10-16)20(25)11-12-22-18-8-6-5-7-17(18)19(24)13-21-22/h5-8,13-16H,4,9-12H2,1-3H3. The lowest BCUT2D eigenvalue weighted by Gasteiger charge is -2.33. The minimum atomic E-state index is -0.0804. The Morgan fingerprint density at radius 1 is 1.32 bits per heavy atom. The molecule has 1 saturated carbocycles. The number of nitrogens with zero attached hydrogens (tertiary/aromatic N) is 3. The minimum absolute atomic E-state index is 0.0804. The zero-order chi connectivity index (χ0) is 18.0. The number of para-hydroxylation sites is 1. The summed E-state index contributed by atoms with van der Waals surface area (Å²) in [6.45, 7) is 7.05. The summed E-state index contributed by atoms with van der Waals surface area (Å²) in [4.78, 5) is 26.9. The van der Waals surface area contributed by atoms with E-state index in [4.69, 9.17) is 0 Å². The third kappa shape index (κ3) is 3.75. The van der Waals surface area contributed by atoms with Crippen LogP contribution in [-0.4, -0.2) is 32.7 Å². The van der Waals surface area contributed by atoms with Crippen molar-refractivity contribution in [2.45, 2.75) is 65.1 Å². The van der Waals surface area contributed by atoms with Crippen molar-refractivity contribution in [3.05, 3.63) is 40.7 Å². The van der Waals surface area contributed by atoms with E-state index in [1.807, 2.05) is 18.2 Å². The van der Waals surface area contributed by atoms with Crippen LogP contribution in [0.4, 0.5) is 0 Å². The first kappa shape index (κ1) is 17.6. The summed E-state index contributed by atoms with van der Waals surface area (Å²) in [7, 11) is 0. The number of hydrogen-bond donors (Lipinski definition) is 0. The van der Waals surface area contributed by atoms with E-state index >= 15 is 0 Å². The highest BCUT2D eigenvalue weighted by molar-refractivity contribution is 5.79. The first-order chi connectivity index (χ1) is 12.0. The largest absolute Gasteiger partial charge is 0.337 e. The van der Waals surface area contributed by atoms with Crippen molar-refractivity contribution in [1.82, 2.24) is 14.7 Å². The van der Waals surface area contributed by atoms with Gasteiger partial charge in [-0.3, -0.25) is 14.3 Å². The highest BCUT2D eigenvalue weighted by Gasteiger charge is 2.36. The van der Waals surface area contributed by atoms with E-state index in [2.05, 4.69) is 30.8 Å². The molecular formula is C20H27N3O2. The molecule has 1 aliphatic carbocycles. The van der Waals surface area contributed by atoms with Crippen LogP contribution >= 0.6 is 0 Å². The van der Waals surface area contributed by atoms with Crippen molar-refractivity contribution >= 4 is 16.8 Å². The molecule has 0 spiro atoms. The molecule has 25 heavy (non-hydrogen) atoms. The molecule has 2 aromatic rings. The van der Waals surface area contributed by atoms with E-state index in [0.717, 1.165) is 24.8 Å². The number of benzene rings is 1. The maximum atomic E-state index is 12.9. The number of fused-ring (bicyclic) bond motifs is 1. The quantitative estimate of drug-likeness (QED) is 0.777. The van der Waals surface area contributed by atoms with Crippen molar-refractivity contribution in [2.24, 2.45) is 5.92 Å². The van der Waals surface area contributed by atoms with Crippen LogP contribution in [0.3, 0.4) is 0 Å². The van der Waals surface area contributed by atoms with Crippen molar-refractivity contribution < 1.29 is 4.79 Å². The number of amides is 1. The van der Waals surface area contributed by atoms with Gasteiger partial charge in [0.15, 0.2) is 0 Å². The number of aryl methyl sites for hydroxylation is 1. The number of carbonyl (C=O) groups excluding carboxylic acids is 1. The SMILES string of the molecule is CCC(C)C(C)N(C(=O)CCn1ncc(=O)c2ccccc21)C1CC1. The average Bonchev–Trinajstić information content (AvgIpc) is 3.45. The van der Waals surface area contributed by atoms with Crippen LogP contribution in [0.25, 0.3) is 10.9 Å². The Bertz CT molecular complexity index is 810. The fourth-order valence-corrected chi connectivity index (χ4v) is 3.40. The van der Waals surface area contributed by atoms with Crippen LogP contribution in [0, 0.1) is 5.92 Å². The molecule has 1 fully saturated rings. The second kappa shape index (κ2) is 7.38. The number of aromatic nitrogens is 2. The Morgan fingerprint density at radius 3 is 2.72 bits per heavy atom. The average molecular weight is 341 g/mol. The second-order valence-corrected chi connectivity index (χ2v) is 7.16. The van der Waals surface area contributed by atoms with Gasteiger partial charge in [-0.2, -0.15) is 5.10 Å². The maximum Gasteiger partial charge on any atom is 0.224 e. The second-order valence-electron chi connectivity index (χ2n) is 7.16. The summed E-state index contributed by atoms with van der Waals surface area (Å²) in [5.41, 5.74) is 0.707. The summed E-state index contributed by atoms with van der Waals surface area (Å²) in [5, 5.41) is 4.88. The molecule has 2 atom stereocenters. The molecule has 5 nitrogen and oxygen atoms in total. The van der Waals surface area contributed by atoms with Crippen LogP contribution < -0.4 is 5.43 Å². The van der Waals surface area contributed by atoms with Gasteiger partial charge in [0.05, 0.1) is 18.3 Å². The third-order valence-electron chi connectivity index (χ3n) is 5.43. The summed E-state index contributed by atoms with van der Waals surface area (Å²) < 4.78 is 1.77. The predicted molar refractivity (Wildman–Crippen MR) is 99.4 cm³/mol. The van der Waals surface area contributed by atoms with Crippen LogP contribution in [0.5, 0.6) is 0 Å². The summed E-state index contributed by atoms with van der Waals surface area (Å²) in [5.74, 6) is 0.691. The van der Waals surface area contributed by atoms with Gasteiger partial charge in [-0.25, -0.2) is 0 Å². The van der Waals surface area contributed by atoms with Gasteiger partial charge >= 0.3 is 0 Å². The van der Waals surface area contributed by atoms with Crippen molar-refractivity contribution in [2.75, 3.05) is 0 Å². The van der Waals surface area contributed by atoms with Gasteiger partial charge in [-0.1, -0.05) is 32.4 Å². The van der Waals surface area contributed by atoms with E-state index < -0.39 is 0 Å². The lowest BCUT2D eigenvalue weighted by molar-refractivity contribution is -0.135. The lowest BCUT2D eigenvalue weighted by Crippen LogP contribution is -2.44. The molecule has 1 aliphatic rings. The van der Waals surface area contributed by atoms with Crippen molar-refractivity contribution in [3.8, 4) is 0 Å². The van der Waals surface area contributed by atoms with Crippen LogP contribution in [-0.2, 0) is 11.3 Å². The Morgan fingerprint density at radius 2 is 2.04 bits per heavy atom. The Hall–Kier alpha value is -2.17. The van der Waals surface area contributed by atoms with Crippen LogP contribution in [0.15, 0.2) is 35.3 Å². The maximum absolute atomic E-state index is 12.9. The molecule has 2 unspecified atom stereocenters. The summed E-state index contributed by atoms with van der Waals surface area (Å²) >= 11 is 0. The summed E-state index contributed by atoms with van der Waals surface area (Å²) in [6, 6.07) is 8.11. The van der Waals surface area contributed by atoms with E-state index in [9.17, 15) is 9.59 Å². The van der Waals surface area contributed by atoms with E-state index in [0.29, 0.717) is 30.3 Å². The molecule has 0 aliphatic heterocycles. The number of hydrogen-bond acceptors (Lipinski definition) is 3. The molecule has 0 N–H and O–H groups in total. The van der Waals surface area contributed by atoms with Crippen molar-refractivity contribution in [1.29, 1.82) is 0 Å². The molecule has 0 radical (unpaired) electrons.